The van der Waals surface area contributed by atoms with E-state index in [1.165, 1.54) is 12.1 Å². The van der Waals surface area contributed by atoms with Gasteiger partial charge in [-0.3, -0.25) is 0 Å². The first-order valence-electron chi connectivity index (χ1n) is 5.47. The first-order chi connectivity index (χ1) is 7.68. The molecule has 0 amide bonds. The van der Waals surface area contributed by atoms with Crippen molar-refractivity contribution >= 4 is 11.6 Å². The van der Waals surface area contributed by atoms with Crippen LogP contribution in [0.15, 0.2) is 18.2 Å². The Hall–Kier alpha value is -0.640. The zero-order valence-corrected chi connectivity index (χ0v) is 9.71. The number of hydrogen-bond donors (Lipinski definition) is 1. The fourth-order valence-corrected chi connectivity index (χ4v) is 2.39. The molecule has 2 rings (SSSR count). The number of halogens is 2. The fraction of sp³-hybridized carbons (Fsp3) is 0.500. The first kappa shape index (κ1) is 11.8. The third-order valence-electron chi connectivity index (χ3n) is 3.10. The SMILES string of the molecule is NC(c1ccc(F)cc1Cl)C1CCOCC1. The molecular weight excluding hydrogens is 229 g/mol. The van der Waals surface area contributed by atoms with Crippen LogP contribution in [0.2, 0.25) is 5.02 Å². The second-order valence-corrected chi connectivity index (χ2v) is 4.55. The Morgan fingerprint density at radius 2 is 2.06 bits per heavy atom. The molecule has 0 saturated carbocycles. The van der Waals surface area contributed by atoms with Gasteiger partial charge in [0.25, 0.3) is 0 Å². The molecule has 0 aliphatic carbocycles. The predicted octanol–water partition coefficient (Wildman–Crippen LogP) is 2.91. The normalized spacial score (nSPS) is 19.7. The second kappa shape index (κ2) is 5.13. The third-order valence-corrected chi connectivity index (χ3v) is 3.42. The highest BCUT2D eigenvalue weighted by atomic mass is 35.5. The van der Waals surface area contributed by atoms with Crippen LogP contribution in [0.5, 0.6) is 0 Å². The van der Waals surface area contributed by atoms with E-state index in [1.54, 1.807) is 6.07 Å². The van der Waals surface area contributed by atoms with Crippen LogP contribution in [-0.4, -0.2) is 13.2 Å². The van der Waals surface area contributed by atoms with E-state index < -0.39 is 0 Å². The van der Waals surface area contributed by atoms with E-state index in [-0.39, 0.29) is 11.9 Å². The van der Waals surface area contributed by atoms with Gasteiger partial charge in [-0.15, -0.1) is 0 Å². The van der Waals surface area contributed by atoms with Crippen LogP contribution >= 0.6 is 11.6 Å². The minimum atomic E-state index is -0.326. The van der Waals surface area contributed by atoms with Crippen LogP contribution in [-0.2, 0) is 4.74 Å². The molecule has 1 saturated heterocycles. The van der Waals surface area contributed by atoms with E-state index in [9.17, 15) is 4.39 Å². The van der Waals surface area contributed by atoms with Crippen LogP contribution in [0.25, 0.3) is 0 Å². The molecule has 1 aliphatic rings. The van der Waals surface area contributed by atoms with Gasteiger partial charge < -0.3 is 10.5 Å². The van der Waals surface area contributed by atoms with Crippen molar-refractivity contribution in [2.75, 3.05) is 13.2 Å². The summed E-state index contributed by atoms with van der Waals surface area (Å²) in [4.78, 5) is 0. The molecule has 88 valence electrons. The number of rotatable bonds is 2. The Bertz CT molecular complexity index is 366. The molecule has 1 aliphatic heterocycles. The quantitative estimate of drug-likeness (QED) is 0.867. The molecule has 1 aromatic carbocycles. The minimum Gasteiger partial charge on any atom is -0.381 e. The topological polar surface area (TPSA) is 35.2 Å². The van der Waals surface area contributed by atoms with Gasteiger partial charge in [-0.25, -0.2) is 4.39 Å². The summed E-state index contributed by atoms with van der Waals surface area (Å²) in [5, 5.41) is 0.416. The zero-order valence-electron chi connectivity index (χ0n) is 8.96. The smallest absolute Gasteiger partial charge is 0.124 e. The van der Waals surface area contributed by atoms with Gasteiger partial charge >= 0.3 is 0 Å². The lowest BCUT2D eigenvalue weighted by molar-refractivity contribution is 0.0584. The fourth-order valence-electron chi connectivity index (χ4n) is 2.10. The average Bonchev–Trinajstić information content (AvgIpc) is 2.29. The third kappa shape index (κ3) is 2.54. The standard InChI is InChI=1S/C12H15ClFNO/c13-11-7-9(14)1-2-10(11)12(15)8-3-5-16-6-4-8/h1-2,7-8,12H,3-6,15H2. The summed E-state index contributed by atoms with van der Waals surface area (Å²) in [7, 11) is 0. The molecule has 1 fully saturated rings. The summed E-state index contributed by atoms with van der Waals surface area (Å²) < 4.78 is 18.2. The maximum absolute atomic E-state index is 12.9. The molecule has 0 bridgehead atoms. The molecule has 0 spiro atoms. The van der Waals surface area contributed by atoms with E-state index in [0.717, 1.165) is 31.6 Å². The van der Waals surface area contributed by atoms with Crippen LogP contribution in [0, 0.1) is 11.7 Å². The minimum absolute atomic E-state index is 0.128. The zero-order chi connectivity index (χ0) is 11.5. The average molecular weight is 244 g/mol. The Labute approximate surface area is 99.5 Å². The van der Waals surface area contributed by atoms with Crippen LogP contribution in [0.1, 0.15) is 24.4 Å². The lowest BCUT2D eigenvalue weighted by Crippen LogP contribution is -2.27. The van der Waals surface area contributed by atoms with Crippen molar-refractivity contribution in [1.29, 1.82) is 0 Å². The molecule has 0 aromatic heterocycles. The van der Waals surface area contributed by atoms with Crippen molar-refractivity contribution in [3.05, 3.63) is 34.6 Å². The summed E-state index contributed by atoms with van der Waals surface area (Å²) in [6.07, 6.45) is 1.88. The van der Waals surface area contributed by atoms with E-state index in [2.05, 4.69) is 0 Å². The van der Waals surface area contributed by atoms with Gasteiger partial charge in [0.05, 0.1) is 0 Å². The summed E-state index contributed by atoms with van der Waals surface area (Å²) in [6.45, 7) is 1.49. The molecule has 16 heavy (non-hydrogen) atoms. The number of ether oxygens (including phenoxy) is 1. The molecule has 0 radical (unpaired) electrons. The lowest BCUT2D eigenvalue weighted by atomic mass is 9.88. The highest BCUT2D eigenvalue weighted by Crippen LogP contribution is 2.32. The molecule has 1 atom stereocenters. The van der Waals surface area contributed by atoms with Gasteiger partial charge in [0.1, 0.15) is 5.82 Å². The van der Waals surface area contributed by atoms with Gasteiger partial charge in [0.2, 0.25) is 0 Å². The molecule has 1 aromatic rings. The van der Waals surface area contributed by atoms with Crippen molar-refractivity contribution in [3.8, 4) is 0 Å². The molecule has 1 heterocycles. The Morgan fingerprint density at radius 1 is 1.38 bits per heavy atom. The Kier molecular flexibility index (Phi) is 3.79. The number of nitrogens with two attached hydrogens (primary N) is 1. The highest BCUT2D eigenvalue weighted by Gasteiger charge is 2.23. The first-order valence-corrected chi connectivity index (χ1v) is 5.84. The Balaban J connectivity index is 2.15. The Morgan fingerprint density at radius 3 is 2.69 bits per heavy atom. The van der Waals surface area contributed by atoms with Crippen molar-refractivity contribution in [2.24, 2.45) is 11.7 Å². The predicted molar refractivity (Wildman–Crippen MR) is 61.9 cm³/mol. The summed E-state index contributed by atoms with van der Waals surface area (Å²) in [5.74, 6) is 0.0460. The largest absolute Gasteiger partial charge is 0.381 e. The maximum atomic E-state index is 12.9. The van der Waals surface area contributed by atoms with Gasteiger partial charge in [0.15, 0.2) is 0 Å². The molecule has 4 heteroatoms. The molecule has 2 nitrogen and oxygen atoms in total. The van der Waals surface area contributed by atoms with Crippen molar-refractivity contribution < 1.29 is 9.13 Å². The monoisotopic (exact) mass is 243 g/mol. The van der Waals surface area contributed by atoms with Crippen molar-refractivity contribution in [1.82, 2.24) is 0 Å². The van der Waals surface area contributed by atoms with Crippen LogP contribution < -0.4 is 5.73 Å². The van der Waals surface area contributed by atoms with Crippen molar-refractivity contribution in [2.45, 2.75) is 18.9 Å². The lowest BCUT2D eigenvalue weighted by Gasteiger charge is -2.28. The summed E-state index contributed by atoms with van der Waals surface area (Å²) in [5.41, 5.74) is 6.99. The van der Waals surface area contributed by atoms with Crippen LogP contribution in [0.4, 0.5) is 4.39 Å². The van der Waals surface area contributed by atoms with Gasteiger partial charge in [-0.1, -0.05) is 17.7 Å². The summed E-state index contributed by atoms with van der Waals surface area (Å²) >= 11 is 5.99. The van der Waals surface area contributed by atoms with E-state index in [0.29, 0.717) is 10.9 Å². The van der Waals surface area contributed by atoms with E-state index in [4.69, 9.17) is 22.1 Å². The summed E-state index contributed by atoms with van der Waals surface area (Å²) in [6, 6.07) is 4.27. The highest BCUT2D eigenvalue weighted by molar-refractivity contribution is 6.31. The molecule has 1 unspecified atom stereocenters. The van der Waals surface area contributed by atoms with Gasteiger partial charge in [-0.05, 0) is 36.5 Å². The van der Waals surface area contributed by atoms with Crippen LogP contribution in [0.3, 0.4) is 0 Å². The molecule has 2 N–H and O–H groups in total. The number of benzene rings is 1. The number of hydrogen-bond acceptors (Lipinski definition) is 2. The molecular formula is C12H15ClFNO. The van der Waals surface area contributed by atoms with Gasteiger partial charge in [-0.2, -0.15) is 0 Å². The van der Waals surface area contributed by atoms with E-state index >= 15 is 0 Å². The maximum Gasteiger partial charge on any atom is 0.124 e. The van der Waals surface area contributed by atoms with Gasteiger partial charge in [0, 0.05) is 24.3 Å². The van der Waals surface area contributed by atoms with Crippen molar-refractivity contribution in [3.63, 3.8) is 0 Å². The second-order valence-electron chi connectivity index (χ2n) is 4.14. The van der Waals surface area contributed by atoms with E-state index in [1.807, 2.05) is 0 Å².